The fourth-order valence-corrected chi connectivity index (χ4v) is 2.36. The Bertz CT molecular complexity index is 392. The molecule has 0 aromatic carbocycles. The Hall–Kier alpha value is -1.45. The van der Waals surface area contributed by atoms with Crippen LogP contribution in [0, 0.1) is 5.92 Å². The van der Waals surface area contributed by atoms with Gasteiger partial charge >= 0.3 is 5.97 Å². The van der Waals surface area contributed by atoms with E-state index in [1.807, 2.05) is 0 Å². The van der Waals surface area contributed by atoms with Crippen LogP contribution in [0.25, 0.3) is 0 Å². The molecule has 1 heterocycles. The quantitative estimate of drug-likeness (QED) is 0.831. The summed E-state index contributed by atoms with van der Waals surface area (Å²) < 4.78 is 0. The van der Waals surface area contributed by atoms with Gasteiger partial charge in [-0.05, 0) is 24.8 Å². The third kappa shape index (κ3) is 2.38. The molecule has 1 aromatic heterocycles. The number of aromatic carboxylic acids is 1. The summed E-state index contributed by atoms with van der Waals surface area (Å²) in [4.78, 5) is 19.1. The van der Waals surface area contributed by atoms with Crippen molar-refractivity contribution >= 4 is 5.97 Å². The number of hydrogen-bond acceptors (Lipinski definition) is 3. The van der Waals surface area contributed by atoms with E-state index in [-0.39, 0.29) is 5.69 Å². The first-order chi connectivity index (χ1) is 7.66. The van der Waals surface area contributed by atoms with E-state index in [0.717, 1.165) is 12.8 Å². The molecule has 1 fully saturated rings. The molecule has 86 valence electrons. The zero-order chi connectivity index (χ0) is 11.5. The topological polar surface area (TPSA) is 63.1 Å². The fourth-order valence-electron chi connectivity index (χ4n) is 2.36. The third-order valence-corrected chi connectivity index (χ3v) is 3.19. The van der Waals surface area contributed by atoms with Gasteiger partial charge in [0.15, 0.2) is 5.69 Å². The highest BCUT2D eigenvalue weighted by atomic mass is 16.4. The van der Waals surface area contributed by atoms with Gasteiger partial charge in [0.1, 0.15) is 5.82 Å². The third-order valence-electron chi connectivity index (χ3n) is 3.19. The fraction of sp³-hybridized carbons (Fsp3) is 0.583. The summed E-state index contributed by atoms with van der Waals surface area (Å²) in [6, 6.07) is 1.44. The van der Waals surface area contributed by atoms with E-state index in [2.05, 4.69) is 16.9 Å². The molecule has 16 heavy (non-hydrogen) atoms. The molecule has 1 aromatic rings. The summed E-state index contributed by atoms with van der Waals surface area (Å²) in [5.74, 6) is 0.748. The largest absolute Gasteiger partial charge is 0.477 e. The minimum absolute atomic E-state index is 0.100. The molecule has 1 saturated carbocycles. The average molecular weight is 220 g/mol. The molecule has 0 radical (unpaired) electrons. The second-order valence-electron chi connectivity index (χ2n) is 4.57. The van der Waals surface area contributed by atoms with Crippen molar-refractivity contribution in [2.24, 2.45) is 5.92 Å². The lowest BCUT2D eigenvalue weighted by molar-refractivity contribution is 0.0689. The molecule has 2 atom stereocenters. The highest BCUT2D eigenvalue weighted by Gasteiger charge is 2.23. The molecule has 0 aliphatic heterocycles. The molecule has 1 aliphatic rings. The van der Waals surface area contributed by atoms with Gasteiger partial charge in [-0.2, -0.15) is 0 Å². The van der Waals surface area contributed by atoms with Crippen LogP contribution in [0.15, 0.2) is 12.3 Å². The number of nitrogens with zero attached hydrogens (tertiary/aromatic N) is 2. The molecule has 0 saturated heterocycles. The molecule has 0 spiro atoms. The summed E-state index contributed by atoms with van der Waals surface area (Å²) in [6.45, 7) is 2.23. The maximum Gasteiger partial charge on any atom is 0.354 e. The maximum atomic E-state index is 10.8. The highest BCUT2D eigenvalue weighted by molar-refractivity contribution is 5.85. The summed E-state index contributed by atoms with van der Waals surface area (Å²) in [7, 11) is 0. The van der Waals surface area contributed by atoms with Crippen molar-refractivity contribution in [2.75, 3.05) is 0 Å². The predicted octanol–water partition coefficient (Wildman–Crippen LogP) is 2.47. The van der Waals surface area contributed by atoms with Crippen LogP contribution in [0.2, 0.25) is 0 Å². The lowest BCUT2D eigenvalue weighted by Crippen LogP contribution is -2.15. The van der Waals surface area contributed by atoms with Crippen molar-refractivity contribution in [3.05, 3.63) is 23.8 Å². The summed E-state index contributed by atoms with van der Waals surface area (Å²) in [5.41, 5.74) is 0.100. The Labute approximate surface area is 94.7 Å². The molecule has 1 aliphatic carbocycles. The number of aromatic nitrogens is 2. The second-order valence-corrected chi connectivity index (χ2v) is 4.57. The van der Waals surface area contributed by atoms with E-state index in [9.17, 15) is 4.79 Å². The van der Waals surface area contributed by atoms with Crippen molar-refractivity contribution in [3.63, 3.8) is 0 Å². The Kier molecular flexibility index (Phi) is 3.17. The molecular weight excluding hydrogens is 204 g/mol. The predicted molar refractivity (Wildman–Crippen MR) is 59.4 cm³/mol. The lowest BCUT2D eigenvalue weighted by Gasteiger charge is -2.25. The molecule has 4 heteroatoms. The van der Waals surface area contributed by atoms with Crippen molar-refractivity contribution in [1.82, 2.24) is 9.97 Å². The van der Waals surface area contributed by atoms with Gasteiger partial charge in [0, 0.05) is 12.1 Å². The Morgan fingerprint density at radius 2 is 2.31 bits per heavy atom. The Balaban J connectivity index is 2.19. The van der Waals surface area contributed by atoms with Gasteiger partial charge in [0.25, 0.3) is 0 Å². The maximum absolute atomic E-state index is 10.8. The standard InChI is InChI=1S/C12H16N2O2/c1-8-3-2-4-9(7-8)11-13-6-5-10(14-11)12(15)16/h5-6,8-9H,2-4,7H2,1H3,(H,15,16). The van der Waals surface area contributed by atoms with E-state index < -0.39 is 5.97 Å². The Morgan fingerprint density at radius 1 is 1.50 bits per heavy atom. The lowest BCUT2D eigenvalue weighted by atomic mass is 9.82. The van der Waals surface area contributed by atoms with Crippen molar-refractivity contribution in [1.29, 1.82) is 0 Å². The number of hydrogen-bond donors (Lipinski definition) is 1. The normalized spacial score (nSPS) is 25.3. The van der Waals surface area contributed by atoms with Gasteiger partial charge in [0.05, 0.1) is 0 Å². The molecule has 0 bridgehead atoms. The summed E-state index contributed by atoms with van der Waals surface area (Å²) in [6.07, 6.45) is 6.14. The van der Waals surface area contributed by atoms with Gasteiger partial charge in [-0.3, -0.25) is 0 Å². The number of rotatable bonds is 2. The van der Waals surface area contributed by atoms with Gasteiger partial charge < -0.3 is 5.11 Å². The first-order valence-corrected chi connectivity index (χ1v) is 5.73. The van der Waals surface area contributed by atoms with E-state index in [1.165, 1.54) is 18.9 Å². The minimum Gasteiger partial charge on any atom is -0.477 e. The van der Waals surface area contributed by atoms with Crippen LogP contribution in [-0.2, 0) is 0 Å². The molecule has 2 unspecified atom stereocenters. The second kappa shape index (κ2) is 4.60. The van der Waals surface area contributed by atoms with Crippen molar-refractivity contribution in [3.8, 4) is 0 Å². The summed E-state index contributed by atoms with van der Waals surface area (Å²) >= 11 is 0. The first kappa shape index (κ1) is 11.0. The van der Waals surface area contributed by atoms with Crippen LogP contribution in [-0.4, -0.2) is 21.0 Å². The van der Waals surface area contributed by atoms with E-state index in [4.69, 9.17) is 5.11 Å². The van der Waals surface area contributed by atoms with Crippen molar-refractivity contribution in [2.45, 2.75) is 38.5 Å². The van der Waals surface area contributed by atoms with Crippen LogP contribution in [0.5, 0.6) is 0 Å². The van der Waals surface area contributed by atoms with Gasteiger partial charge in [-0.25, -0.2) is 14.8 Å². The van der Waals surface area contributed by atoms with Gasteiger partial charge in [-0.1, -0.05) is 19.8 Å². The Morgan fingerprint density at radius 3 is 3.00 bits per heavy atom. The van der Waals surface area contributed by atoms with Crippen LogP contribution >= 0.6 is 0 Å². The van der Waals surface area contributed by atoms with Gasteiger partial charge in [-0.15, -0.1) is 0 Å². The first-order valence-electron chi connectivity index (χ1n) is 5.73. The smallest absolute Gasteiger partial charge is 0.354 e. The van der Waals surface area contributed by atoms with Crippen LogP contribution in [0.1, 0.15) is 54.8 Å². The summed E-state index contributed by atoms with van der Waals surface area (Å²) in [5, 5.41) is 8.87. The van der Waals surface area contributed by atoms with Crippen LogP contribution in [0.4, 0.5) is 0 Å². The zero-order valence-electron chi connectivity index (χ0n) is 9.39. The van der Waals surface area contributed by atoms with Gasteiger partial charge in [0.2, 0.25) is 0 Å². The average Bonchev–Trinajstić information content (AvgIpc) is 2.29. The zero-order valence-corrected chi connectivity index (χ0v) is 9.39. The van der Waals surface area contributed by atoms with Crippen molar-refractivity contribution < 1.29 is 9.90 Å². The SMILES string of the molecule is CC1CCCC(c2nccc(C(=O)O)n2)C1. The van der Waals surface area contributed by atoms with Crippen LogP contribution in [0.3, 0.4) is 0 Å². The minimum atomic E-state index is -0.979. The molecule has 0 amide bonds. The molecule has 4 nitrogen and oxygen atoms in total. The molecule has 2 rings (SSSR count). The monoisotopic (exact) mass is 220 g/mol. The molecular formula is C12H16N2O2. The van der Waals surface area contributed by atoms with Crippen LogP contribution < -0.4 is 0 Å². The highest BCUT2D eigenvalue weighted by Crippen LogP contribution is 2.34. The number of carboxylic acid groups (broad SMARTS) is 1. The molecule has 1 N–H and O–H groups in total. The van der Waals surface area contributed by atoms with E-state index >= 15 is 0 Å². The number of carbonyl (C=O) groups is 1. The number of carboxylic acids is 1. The van der Waals surface area contributed by atoms with E-state index in [0.29, 0.717) is 17.7 Å². The van der Waals surface area contributed by atoms with E-state index in [1.54, 1.807) is 6.20 Å².